The summed E-state index contributed by atoms with van der Waals surface area (Å²) in [7, 11) is 0. The molecule has 0 aliphatic heterocycles. The van der Waals surface area contributed by atoms with Gasteiger partial charge in [0.15, 0.2) is 0 Å². The number of benzene rings is 6. The van der Waals surface area contributed by atoms with E-state index in [0.717, 1.165) is 67.8 Å². The Morgan fingerprint density at radius 3 is 0.964 bits per heavy atom. The van der Waals surface area contributed by atoms with Gasteiger partial charge in [-0.2, -0.15) is 0 Å². The van der Waals surface area contributed by atoms with Crippen LogP contribution in [-0.4, -0.2) is 28.2 Å². The Hall–Kier alpha value is -7.70. The first-order valence-electron chi connectivity index (χ1n) is 18.9. The second-order valence-corrected chi connectivity index (χ2v) is 14.2. The molecule has 12 aromatic rings. The predicted octanol–water partition coefficient (Wildman–Crippen LogP) is 12.2. The van der Waals surface area contributed by atoms with Crippen LogP contribution >= 0.6 is 0 Å². The molecule has 6 aromatic heterocycles. The standard InChI is InChI=1S/C50H32N6/c1-3-17-33(18-4-1)53-41-27-11-7-21-35(41)47-37-23-9-13-29-43(37)55(49(47)53)45-31-15-25-39(51-45)40-26-16-32-46(52-40)56-44-30-14-10-24-38(44)48-36-22-8-12-28-42(36)54(50(48)56)34-19-5-2-6-20-34/h1-32H. The first-order valence-corrected chi connectivity index (χ1v) is 18.9. The highest BCUT2D eigenvalue weighted by Gasteiger charge is 2.24. The molecule has 262 valence electrons. The minimum absolute atomic E-state index is 0.800. The number of fused-ring (bicyclic) bond motifs is 10. The molecule has 0 N–H and O–H groups in total. The predicted molar refractivity (Wildman–Crippen MR) is 230 cm³/mol. The van der Waals surface area contributed by atoms with Gasteiger partial charge in [0.25, 0.3) is 0 Å². The summed E-state index contributed by atoms with van der Waals surface area (Å²) in [5.74, 6) is 1.66. The van der Waals surface area contributed by atoms with Gasteiger partial charge in [-0.15, -0.1) is 0 Å². The van der Waals surface area contributed by atoms with Crippen molar-refractivity contribution in [3.8, 4) is 34.4 Å². The van der Waals surface area contributed by atoms with Crippen molar-refractivity contribution in [2.75, 3.05) is 0 Å². The fourth-order valence-electron chi connectivity index (χ4n) is 8.92. The molecule has 0 fully saturated rings. The number of aromatic nitrogens is 6. The van der Waals surface area contributed by atoms with Gasteiger partial charge in [0, 0.05) is 43.7 Å². The molecular weight excluding hydrogens is 685 g/mol. The van der Waals surface area contributed by atoms with E-state index in [1.54, 1.807) is 0 Å². The molecule has 0 saturated carbocycles. The van der Waals surface area contributed by atoms with Gasteiger partial charge in [0.1, 0.15) is 22.9 Å². The third-order valence-electron chi connectivity index (χ3n) is 11.2. The van der Waals surface area contributed by atoms with Crippen LogP contribution in [0.1, 0.15) is 0 Å². The highest BCUT2D eigenvalue weighted by atomic mass is 15.2. The zero-order chi connectivity index (χ0) is 36.7. The van der Waals surface area contributed by atoms with Crippen molar-refractivity contribution in [2.45, 2.75) is 0 Å². The lowest BCUT2D eigenvalue weighted by molar-refractivity contribution is 1.01. The Morgan fingerprint density at radius 2 is 0.589 bits per heavy atom. The largest absolute Gasteiger partial charge is 0.295 e. The number of pyridine rings is 2. The molecule has 6 nitrogen and oxygen atoms in total. The maximum Gasteiger partial charge on any atom is 0.139 e. The minimum atomic E-state index is 0.800. The second kappa shape index (κ2) is 11.9. The van der Waals surface area contributed by atoms with Gasteiger partial charge in [-0.3, -0.25) is 18.3 Å². The molecule has 0 aliphatic carbocycles. The summed E-state index contributed by atoms with van der Waals surface area (Å²) in [6, 6.07) is 68.4. The van der Waals surface area contributed by atoms with Crippen molar-refractivity contribution in [2.24, 2.45) is 0 Å². The molecule has 0 atom stereocenters. The summed E-state index contributed by atoms with van der Waals surface area (Å²) in [5.41, 5.74) is 10.5. The fourth-order valence-corrected chi connectivity index (χ4v) is 8.92. The van der Waals surface area contributed by atoms with Gasteiger partial charge in [-0.1, -0.05) is 121 Å². The van der Waals surface area contributed by atoms with Crippen LogP contribution in [0.5, 0.6) is 0 Å². The Labute approximate surface area is 321 Å². The third kappa shape index (κ3) is 4.32. The Bertz CT molecular complexity index is 3240. The first kappa shape index (κ1) is 30.7. The SMILES string of the molecule is c1ccc(-n2c3ccccc3c3c4ccccc4n(-c4cccc(-c5cccc(-n6c7ccccc7c7c8ccccc8n(-c8ccccc8)c76)n5)n4)c32)cc1. The maximum atomic E-state index is 5.41. The Balaban J connectivity index is 1.10. The molecule has 12 rings (SSSR count). The lowest BCUT2D eigenvalue weighted by Gasteiger charge is -2.14. The van der Waals surface area contributed by atoms with Crippen LogP contribution in [0.25, 0.3) is 100 Å². The fraction of sp³-hybridized carbons (Fsp3) is 0. The highest BCUT2D eigenvalue weighted by Crippen LogP contribution is 2.42. The Morgan fingerprint density at radius 1 is 0.268 bits per heavy atom. The van der Waals surface area contributed by atoms with Gasteiger partial charge >= 0.3 is 0 Å². The van der Waals surface area contributed by atoms with Crippen molar-refractivity contribution in [3.05, 3.63) is 194 Å². The average Bonchev–Trinajstić information content (AvgIpc) is 3.99. The van der Waals surface area contributed by atoms with Crippen molar-refractivity contribution in [3.63, 3.8) is 0 Å². The molecule has 56 heavy (non-hydrogen) atoms. The van der Waals surface area contributed by atoms with Crippen molar-refractivity contribution in [1.82, 2.24) is 28.2 Å². The van der Waals surface area contributed by atoms with Crippen LogP contribution in [0.3, 0.4) is 0 Å². The number of nitrogens with zero attached hydrogens (tertiary/aromatic N) is 6. The quantitative estimate of drug-likeness (QED) is 0.178. The van der Waals surface area contributed by atoms with Crippen LogP contribution in [0.4, 0.5) is 0 Å². The van der Waals surface area contributed by atoms with Crippen LogP contribution in [-0.2, 0) is 0 Å². The third-order valence-corrected chi connectivity index (χ3v) is 11.2. The molecule has 6 heterocycles. The summed E-state index contributed by atoms with van der Waals surface area (Å²) in [6.45, 7) is 0. The zero-order valence-corrected chi connectivity index (χ0v) is 30.2. The number of rotatable bonds is 5. The molecule has 0 saturated heterocycles. The van der Waals surface area contributed by atoms with Gasteiger partial charge in [0.05, 0.1) is 33.5 Å². The smallest absolute Gasteiger partial charge is 0.139 e. The molecule has 6 aromatic carbocycles. The van der Waals surface area contributed by atoms with E-state index in [0.29, 0.717) is 0 Å². The second-order valence-electron chi connectivity index (χ2n) is 14.2. The van der Waals surface area contributed by atoms with Crippen LogP contribution < -0.4 is 0 Å². The van der Waals surface area contributed by atoms with Crippen molar-refractivity contribution in [1.29, 1.82) is 0 Å². The van der Waals surface area contributed by atoms with E-state index in [2.05, 4.69) is 212 Å². The zero-order valence-electron chi connectivity index (χ0n) is 30.2. The van der Waals surface area contributed by atoms with Gasteiger partial charge in [-0.05, 0) is 72.8 Å². The number of hydrogen-bond donors (Lipinski definition) is 0. The molecule has 6 heteroatoms. The number of para-hydroxylation sites is 6. The molecule has 0 spiro atoms. The van der Waals surface area contributed by atoms with E-state index >= 15 is 0 Å². The molecule has 0 aliphatic rings. The van der Waals surface area contributed by atoms with Gasteiger partial charge in [0.2, 0.25) is 0 Å². The molecule has 0 radical (unpaired) electrons. The van der Waals surface area contributed by atoms with E-state index in [1.165, 1.54) is 32.3 Å². The topological polar surface area (TPSA) is 45.5 Å². The lowest BCUT2D eigenvalue weighted by atomic mass is 10.1. The summed E-state index contributed by atoms with van der Waals surface area (Å²) in [4.78, 5) is 10.8. The lowest BCUT2D eigenvalue weighted by Crippen LogP contribution is -2.05. The number of hydrogen-bond acceptors (Lipinski definition) is 2. The molecule has 0 bridgehead atoms. The van der Waals surface area contributed by atoms with E-state index in [-0.39, 0.29) is 0 Å². The first-order chi connectivity index (χ1) is 27.8. The van der Waals surface area contributed by atoms with Crippen LogP contribution in [0, 0.1) is 0 Å². The average molecular weight is 717 g/mol. The summed E-state index contributed by atoms with van der Waals surface area (Å²) in [5, 5.41) is 7.24. The maximum absolute atomic E-state index is 5.41. The van der Waals surface area contributed by atoms with Gasteiger partial charge < -0.3 is 0 Å². The summed E-state index contributed by atoms with van der Waals surface area (Å²) in [6.07, 6.45) is 0. The van der Waals surface area contributed by atoms with Gasteiger partial charge in [-0.25, -0.2) is 9.97 Å². The van der Waals surface area contributed by atoms with Crippen LogP contribution in [0.2, 0.25) is 0 Å². The van der Waals surface area contributed by atoms with E-state index in [9.17, 15) is 0 Å². The normalized spacial score (nSPS) is 11.9. The molecule has 0 unspecified atom stereocenters. The van der Waals surface area contributed by atoms with E-state index in [1.807, 2.05) is 0 Å². The minimum Gasteiger partial charge on any atom is -0.295 e. The van der Waals surface area contributed by atoms with Crippen LogP contribution in [0.15, 0.2) is 194 Å². The highest BCUT2D eigenvalue weighted by molar-refractivity contribution is 6.23. The van der Waals surface area contributed by atoms with E-state index < -0.39 is 0 Å². The molecular formula is C50H32N6. The molecule has 0 amide bonds. The summed E-state index contributed by atoms with van der Waals surface area (Å²) < 4.78 is 9.36. The van der Waals surface area contributed by atoms with Crippen molar-refractivity contribution < 1.29 is 0 Å². The Kier molecular flexibility index (Phi) is 6.53. The van der Waals surface area contributed by atoms with E-state index in [4.69, 9.17) is 9.97 Å². The summed E-state index contributed by atoms with van der Waals surface area (Å²) >= 11 is 0. The monoisotopic (exact) mass is 716 g/mol. The van der Waals surface area contributed by atoms with Crippen molar-refractivity contribution >= 4 is 65.7 Å².